The number of phenols is 3. The van der Waals surface area contributed by atoms with Gasteiger partial charge in [-0.25, -0.2) is 0 Å². The molecule has 0 atom stereocenters. The molecule has 4 aromatic carbocycles. The van der Waals surface area contributed by atoms with Gasteiger partial charge in [0.05, 0.1) is 17.1 Å². The van der Waals surface area contributed by atoms with Crippen molar-refractivity contribution >= 4 is 17.1 Å². The van der Waals surface area contributed by atoms with Crippen LogP contribution in [-0.4, -0.2) is 15.3 Å². The molecule has 168 valence electrons. The van der Waals surface area contributed by atoms with E-state index >= 15 is 0 Å². The smallest absolute Gasteiger partial charge is 0.172 e. The van der Waals surface area contributed by atoms with Crippen molar-refractivity contribution in [1.82, 2.24) is 0 Å². The van der Waals surface area contributed by atoms with Gasteiger partial charge >= 0.3 is 0 Å². The molecule has 0 heterocycles. The van der Waals surface area contributed by atoms with Crippen LogP contribution in [0.25, 0.3) is 0 Å². The summed E-state index contributed by atoms with van der Waals surface area (Å²) < 4.78 is 6.09. The zero-order valence-electron chi connectivity index (χ0n) is 19.1. The molecule has 0 aliphatic carbocycles. The largest absolute Gasteiger partial charge is 0.505 e. The van der Waals surface area contributed by atoms with E-state index in [0.29, 0.717) is 28.6 Å². The SMILES string of the molecule is Cc1ccc(O)c(Oc2cccc(N(c3cccc(C)c3O)c3cccc(C)c3O)c2)c1C. The maximum absolute atomic E-state index is 10.9. The molecule has 0 bridgehead atoms. The lowest BCUT2D eigenvalue weighted by atomic mass is 10.1. The summed E-state index contributed by atoms with van der Waals surface area (Å²) in [7, 11) is 0. The number of benzene rings is 4. The molecular weight excluding hydrogens is 414 g/mol. The summed E-state index contributed by atoms with van der Waals surface area (Å²) in [4.78, 5) is 1.79. The highest BCUT2D eigenvalue weighted by Crippen LogP contribution is 2.46. The summed E-state index contributed by atoms with van der Waals surface area (Å²) in [6, 6.07) is 21.8. The fraction of sp³-hybridized carbons (Fsp3) is 0.143. The molecule has 0 aliphatic rings. The van der Waals surface area contributed by atoms with Crippen molar-refractivity contribution in [3.63, 3.8) is 0 Å². The third-order valence-electron chi connectivity index (χ3n) is 5.87. The highest BCUT2D eigenvalue weighted by atomic mass is 16.5. The maximum atomic E-state index is 10.9. The van der Waals surface area contributed by atoms with Crippen LogP contribution >= 0.6 is 0 Å². The Bertz CT molecular complexity index is 1280. The van der Waals surface area contributed by atoms with Gasteiger partial charge in [-0.05, 0) is 80.3 Å². The van der Waals surface area contributed by atoms with Gasteiger partial charge in [-0.15, -0.1) is 0 Å². The van der Waals surface area contributed by atoms with Crippen LogP contribution in [0.3, 0.4) is 0 Å². The highest BCUT2D eigenvalue weighted by molar-refractivity contribution is 5.84. The van der Waals surface area contributed by atoms with E-state index in [-0.39, 0.29) is 17.2 Å². The molecule has 4 aromatic rings. The molecule has 0 saturated heterocycles. The number of aromatic hydroxyl groups is 3. The molecule has 5 nitrogen and oxygen atoms in total. The third-order valence-corrected chi connectivity index (χ3v) is 5.87. The minimum absolute atomic E-state index is 0.0630. The Morgan fingerprint density at radius 3 is 1.82 bits per heavy atom. The van der Waals surface area contributed by atoms with Crippen LogP contribution in [0.4, 0.5) is 17.1 Å². The molecule has 0 aromatic heterocycles. The predicted octanol–water partition coefficient (Wildman–Crippen LogP) is 7.30. The number of phenolic OH excluding ortho intramolecular Hbond substituents is 3. The fourth-order valence-electron chi connectivity index (χ4n) is 3.76. The summed E-state index contributed by atoms with van der Waals surface area (Å²) >= 11 is 0. The minimum atomic E-state index is 0.0630. The van der Waals surface area contributed by atoms with Gasteiger partial charge in [0.1, 0.15) is 17.2 Å². The lowest BCUT2D eigenvalue weighted by Crippen LogP contribution is -2.11. The van der Waals surface area contributed by atoms with E-state index in [1.807, 2.05) is 76.2 Å². The number of ether oxygens (including phenoxy) is 1. The van der Waals surface area contributed by atoms with Crippen molar-refractivity contribution in [3.8, 4) is 28.7 Å². The highest BCUT2D eigenvalue weighted by Gasteiger charge is 2.21. The predicted molar refractivity (Wildman–Crippen MR) is 132 cm³/mol. The lowest BCUT2D eigenvalue weighted by molar-refractivity contribution is 0.408. The first-order valence-corrected chi connectivity index (χ1v) is 10.7. The van der Waals surface area contributed by atoms with Crippen LogP contribution in [0.15, 0.2) is 72.8 Å². The first-order chi connectivity index (χ1) is 15.8. The van der Waals surface area contributed by atoms with Gasteiger partial charge in [-0.2, -0.15) is 0 Å². The fourth-order valence-corrected chi connectivity index (χ4v) is 3.76. The molecule has 0 radical (unpaired) electrons. The summed E-state index contributed by atoms with van der Waals surface area (Å²) in [5.74, 6) is 1.22. The molecule has 0 amide bonds. The third kappa shape index (κ3) is 4.17. The summed E-state index contributed by atoms with van der Waals surface area (Å²) in [6.07, 6.45) is 0. The second kappa shape index (κ2) is 8.79. The second-order valence-corrected chi connectivity index (χ2v) is 8.18. The van der Waals surface area contributed by atoms with E-state index in [2.05, 4.69) is 0 Å². The van der Waals surface area contributed by atoms with Crippen molar-refractivity contribution in [2.24, 2.45) is 0 Å². The number of nitrogens with zero attached hydrogens (tertiary/aromatic N) is 1. The van der Waals surface area contributed by atoms with E-state index in [1.165, 1.54) is 0 Å². The molecule has 3 N–H and O–H groups in total. The van der Waals surface area contributed by atoms with E-state index in [0.717, 1.165) is 22.3 Å². The summed E-state index contributed by atoms with van der Waals surface area (Å²) in [5.41, 5.74) is 5.04. The molecular formula is C28H27NO4. The quantitative estimate of drug-likeness (QED) is 0.303. The van der Waals surface area contributed by atoms with Crippen molar-refractivity contribution in [2.45, 2.75) is 27.7 Å². The Kier molecular flexibility index (Phi) is 5.88. The van der Waals surface area contributed by atoms with Crippen LogP contribution < -0.4 is 9.64 Å². The number of hydrogen-bond acceptors (Lipinski definition) is 5. The second-order valence-electron chi connectivity index (χ2n) is 8.18. The van der Waals surface area contributed by atoms with Crippen LogP contribution in [-0.2, 0) is 0 Å². The van der Waals surface area contributed by atoms with Crippen molar-refractivity contribution in [2.75, 3.05) is 4.90 Å². The number of aryl methyl sites for hydroxylation is 3. The van der Waals surface area contributed by atoms with E-state index in [1.54, 1.807) is 29.2 Å². The maximum Gasteiger partial charge on any atom is 0.172 e. The zero-order chi connectivity index (χ0) is 23.7. The lowest BCUT2D eigenvalue weighted by Gasteiger charge is -2.28. The van der Waals surface area contributed by atoms with Gasteiger partial charge in [0.25, 0.3) is 0 Å². The average molecular weight is 442 g/mol. The molecule has 0 fully saturated rings. The topological polar surface area (TPSA) is 73.2 Å². The van der Waals surface area contributed by atoms with Gasteiger partial charge in [-0.1, -0.05) is 36.4 Å². The number of anilines is 3. The van der Waals surface area contributed by atoms with Crippen molar-refractivity contribution in [1.29, 1.82) is 0 Å². The monoisotopic (exact) mass is 441 g/mol. The Hall–Kier alpha value is -4.12. The molecule has 5 heteroatoms. The van der Waals surface area contributed by atoms with E-state index in [4.69, 9.17) is 4.74 Å². The standard InChI is InChI=1S/C28H27NO4/c1-17-14-15-25(30)28(20(17)4)33-22-11-7-10-21(16-22)29(23-12-5-8-18(2)26(23)31)24-13-6-9-19(3)27(24)32/h5-16,30-32H,1-4H3. The number of rotatable bonds is 5. The Morgan fingerprint density at radius 2 is 1.21 bits per heavy atom. The molecule has 0 spiro atoms. The van der Waals surface area contributed by atoms with Crippen LogP contribution in [0.2, 0.25) is 0 Å². The molecule has 33 heavy (non-hydrogen) atoms. The molecule has 0 saturated carbocycles. The first-order valence-electron chi connectivity index (χ1n) is 10.7. The normalized spacial score (nSPS) is 10.8. The van der Waals surface area contributed by atoms with Gasteiger partial charge < -0.3 is 25.0 Å². The Balaban J connectivity index is 1.87. The summed E-state index contributed by atoms with van der Waals surface area (Å²) in [6.45, 7) is 7.52. The first kappa shape index (κ1) is 22.1. The number of hydrogen-bond donors (Lipinski definition) is 3. The van der Waals surface area contributed by atoms with Crippen LogP contribution in [0.1, 0.15) is 22.3 Å². The van der Waals surface area contributed by atoms with Crippen LogP contribution in [0.5, 0.6) is 28.7 Å². The van der Waals surface area contributed by atoms with Gasteiger partial charge in [-0.3, -0.25) is 0 Å². The summed E-state index contributed by atoms with van der Waals surface area (Å²) in [5, 5.41) is 32.1. The van der Waals surface area contributed by atoms with Crippen LogP contribution in [0, 0.1) is 27.7 Å². The molecule has 0 aliphatic heterocycles. The Labute approximate surface area is 193 Å². The number of para-hydroxylation sites is 2. The van der Waals surface area contributed by atoms with Gasteiger partial charge in [0.2, 0.25) is 0 Å². The minimum Gasteiger partial charge on any atom is -0.505 e. The van der Waals surface area contributed by atoms with Crippen molar-refractivity contribution < 1.29 is 20.1 Å². The molecule has 0 unspecified atom stereocenters. The zero-order valence-corrected chi connectivity index (χ0v) is 19.1. The van der Waals surface area contributed by atoms with Crippen molar-refractivity contribution in [3.05, 3.63) is 95.1 Å². The van der Waals surface area contributed by atoms with E-state index in [9.17, 15) is 15.3 Å². The van der Waals surface area contributed by atoms with E-state index < -0.39 is 0 Å². The van der Waals surface area contributed by atoms with Gasteiger partial charge in [0, 0.05) is 6.07 Å². The molecule has 4 rings (SSSR count). The van der Waals surface area contributed by atoms with Gasteiger partial charge in [0.15, 0.2) is 11.5 Å². The average Bonchev–Trinajstić information content (AvgIpc) is 2.80. The Morgan fingerprint density at radius 1 is 0.636 bits per heavy atom.